The highest BCUT2D eigenvalue weighted by Gasteiger charge is 2.43. The van der Waals surface area contributed by atoms with Crippen LogP contribution < -0.4 is 16.0 Å². The second kappa shape index (κ2) is 7.14. The summed E-state index contributed by atoms with van der Waals surface area (Å²) in [4.78, 5) is 35.7. The Morgan fingerprint density at radius 2 is 1.96 bits per heavy atom. The van der Waals surface area contributed by atoms with E-state index in [1.54, 1.807) is 61.5 Å². The Bertz CT molecular complexity index is 1010. The third-order valence-corrected chi connectivity index (χ3v) is 4.25. The van der Waals surface area contributed by atoms with Gasteiger partial charge in [0.2, 0.25) is 5.91 Å². The molecule has 1 aliphatic rings. The zero-order valence-corrected chi connectivity index (χ0v) is 14.4. The standard InChI is InChI=1S/C20H16N4O3/c1-20(18(26)23-19(27)24-20)15-7-4-8-16(11-15)22-17(25)10-9-13-5-2-3-6-14(13)12-21/h2-11H,1H3,(H,22,25)(H2,23,24,26,27)/b10-9+. The quantitative estimate of drug-likeness (QED) is 0.573. The Morgan fingerprint density at radius 3 is 2.67 bits per heavy atom. The Balaban J connectivity index is 1.76. The molecular formula is C20H16N4O3. The van der Waals surface area contributed by atoms with Gasteiger partial charge in [-0.15, -0.1) is 0 Å². The van der Waals surface area contributed by atoms with Crippen molar-refractivity contribution < 1.29 is 14.4 Å². The van der Waals surface area contributed by atoms with Crippen LogP contribution >= 0.6 is 0 Å². The maximum atomic E-state index is 12.2. The van der Waals surface area contributed by atoms with E-state index in [0.717, 1.165) is 0 Å². The number of anilines is 1. The zero-order chi connectivity index (χ0) is 19.4. The molecule has 1 aliphatic heterocycles. The summed E-state index contributed by atoms with van der Waals surface area (Å²) in [6.07, 6.45) is 2.89. The van der Waals surface area contributed by atoms with Gasteiger partial charge in [-0.1, -0.05) is 30.3 Å². The Labute approximate surface area is 155 Å². The predicted molar refractivity (Wildman–Crippen MR) is 99.3 cm³/mol. The summed E-state index contributed by atoms with van der Waals surface area (Å²) < 4.78 is 0. The smallest absolute Gasteiger partial charge is 0.322 e. The third-order valence-electron chi connectivity index (χ3n) is 4.25. The van der Waals surface area contributed by atoms with Gasteiger partial charge >= 0.3 is 6.03 Å². The molecule has 0 saturated carbocycles. The maximum Gasteiger partial charge on any atom is 0.322 e. The van der Waals surface area contributed by atoms with Crippen molar-refractivity contribution in [3.63, 3.8) is 0 Å². The number of imide groups is 1. The summed E-state index contributed by atoms with van der Waals surface area (Å²) in [5.74, 6) is -0.839. The number of amides is 4. The molecule has 4 amide bonds. The predicted octanol–water partition coefficient (Wildman–Crippen LogP) is 2.26. The number of hydrogen-bond acceptors (Lipinski definition) is 4. The van der Waals surface area contributed by atoms with E-state index >= 15 is 0 Å². The van der Waals surface area contributed by atoms with Gasteiger partial charge < -0.3 is 10.6 Å². The van der Waals surface area contributed by atoms with Crippen molar-refractivity contribution in [2.45, 2.75) is 12.5 Å². The lowest BCUT2D eigenvalue weighted by atomic mass is 9.92. The van der Waals surface area contributed by atoms with Crippen LogP contribution in [0.25, 0.3) is 6.08 Å². The van der Waals surface area contributed by atoms with E-state index in [-0.39, 0.29) is 5.91 Å². The number of urea groups is 1. The second-order valence-electron chi connectivity index (χ2n) is 6.14. The fraction of sp³-hybridized carbons (Fsp3) is 0.100. The second-order valence-corrected chi connectivity index (χ2v) is 6.14. The summed E-state index contributed by atoms with van der Waals surface area (Å²) in [7, 11) is 0. The first-order chi connectivity index (χ1) is 12.9. The van der Waals surface area contributed by atoms with Crippen molar-refractivity contribution in [3.8, 4) is 6.07 Å². The molecule has 1 atom stereocenters. The molecule has 2 aromatic carbocycles. The maximum absolute atomic E-state index is 12.2. The van der Waals surface area contributed by atoms with Crippen molar-refractivity contribution in [2.75, 3.05) is 5.32 Å². The molecule has 1 fully saturated rings. The number of carbonyl (C=O) groups excluding carboxylic acids is 3. The molecule has 0 spiro atoms. The van der Waals surface area contributed by atoms with Gasteiger partial charge in [0.05, 0.1) is 11.6 Å². The average Bonchev–Trinajstić information content (AvgIpc) is 2.93. The molecule has 1 heterocycles. The van der Waals surface area contributed by atoms with E-state index in [1.807, 2.05) is 0 Å². The van der Waals surface area contributed by atoms with Gasteiger partial charge in [0.25, 0.3) is 5.91 Å². The number of carbonyl (C=O) groups is 3. The van der Waals surface area contributed by atoms with Crippen molar-refractivity contribution in [1.82, 2.24) is 10.6 Å². The fourth-order valence-corrected chi connectivity index (χ4v) is 2.75. The Hall–Kier alpha value is -3.92. The molecular weight excluding hydrogens is 344 g/mol. The van der Waals surface area contributed by atoms with Crippen LogP contribution in [-0.4, -0.2) is 17.8 Å². The van der Waals surface area contributed by atoms with Gasteiger partial charge in [0, 0.05) is 11.8 Å². The number of nitrogens with one attached hydrogen (secondary N) is 3. The lowest BCUT2D eigenvalue weighted by Gasteiger charge is -2.21. The largest absolute Gasteiger partial charge is 0.323 e. The zero-order valence-electron chi connectivity index (χ0n) is 14.4. The number of nitriles is 1. The molecule has 3 N–H and O–H groups in total. The van der Waals surface area contributed by atoms with Crippen molar-refractivity contribution in [2.24, 2.45) is 0 Å². The first-order valence-corrected chi connectivity index (χ1v) is 8.15. The Kier molecular flexibility index (Phi) is 4.73. The molecule has 0 bridgehead atoms. The van der Waals surface area contributed by atoms with Crippen LogP contribution in [0.2, 0.25) is 0 Å². The first kappa shape index (κ1) is 17.9. The molecule has 7 nitrogen and oxygen atoms in total. The Morgan fingerprint density at radius 1 is 1.19 bits per heavy atom. The molecule has 27 heavy (non-hydrogen) atoms. The average molecular weight is 360 g/mol. The minimum atomic E-state index is -1.20. The van der Waals surface area contributed by atoms with Crippen molar-refractivity contribution in [1.29, 1.82) is 5.26 Å². The fourth-order valence-electron chi connectivity index (χ4n) is 2.75. The van der Waals surface area contributed by atoms with Gasteiger partial charge in [0.15, 0.2) is 0 Å². The summed E-state index contributed by atoms with van der Waals surface area (Å²) in [5.41, 5.74) is 0.939. The van der Waals surface area contributed by atoms with Gasteiger partial charge in [-0.05, 0) is 42.3 Å². The van der Waals surface area contributed by atoms with Crippen LogP contribution in [0.4, 0.5) is 10.5 Å². The molecule has 0 radical (unpaired) electrons. The van der Waals surface area contributed by atoms with Crippen LogP contribution in [0, 0.1) is 11.3 Å². The number of hydrogen-bond donors (Lipinski definition) is 3. The highest BCUT2D eigenvalue weighted by atomic mass is 16.2. The van der Waals surface area contributed by atoms with Gasteiger partial charge in [0.1, 0.15) is 5.54 Å². The van der Waals surface area contributed by atoms with Crippen molar-refractivity contribution >= 4 is 29.6 Å². The van der Waals surface area contributed by atoms with E-state index in [2.05, 4.69) is 22.0 Å². The van der Waals surface area contributed by atoms with Crippen LogP contribution in [0.15, 0.2) is 54.6 Å². The lowest BCUT2D eigenvalue weighted by Crippen LogP contribution is -2.40. The number of benzene rings is 2. The van der Waals surface area contributed by atoms with E-state index in [4.69, 9.17) is 5.26 Å². The minimum absolute atomic E-state index is 0.384. The molecule has 3 rings (SSSR count). The minimum Gasteiger partial charge on any atom is -0.323 e. The van der Waals surface area contributed by atoms with Crippen LogP contribution in [-0.2, 0) is 15.1 Å². The summed E-state index contributed by atoms with van der Waals surface area (Å²) in [6, 6.07) is 15.1. The first-order valence-electron chi connectivity index (χ1n) is 8.15. The van der Waals surface area contributed by atoms with Crippen LogP contribution in [0.5, 0.6) is 0 Å². The van der Waals surface area contributed by atoms with E-state index in [1.165, 1.54) is 6.08 Å². The molecule has 0 aliphatic carbocycles. The molecule has 0 aromatic heterocycles. The molecule has 7 heteroatoms. The third kappa shape index (κ3) is 3.70. The molecule has 134 valence electrons. The number of nitrogens with zero attached hydrogens (tertiary/aromatic N) is 1. The summed E-state index contributed by atoms with van der Waals surface area (Å²) in [5, 5.41) is 16.6. The number of rotatable bonds is 4. The van der Waals surface area contributed by atoms with Crippen molar-refractivity contribution in [3.05, 3.63) is 71.3 Å². The van der Waals surface area contributed by atoms with Crippen LogP contribution in [0.3, 0.4) is 0 Å². The van der Waals surface area contributed by atoms with E-state index in [0.29, 0.717) is 22.4 Å². The summed E-state index contributed by atoms with van der Waals surface area (Å²) in [6.45, 7) is 1.59. The van der Waals surface area contributed by atoms with Crippen LogP contribution in [0.1, 0.15) is 23.6 Å². The van der Waals surface area contributed by atoms with Gasteiger partial charge in [-0.25, -0.2) is 4.79 Å². The summed E-state index contributed by atoms with van der Waals surface area (Å²) >= 11 is 0. The lowest BCUT2D eigenvalue weighted by molar-refractivity contribution is -0.123. The van der Waals surface area contributed by atoms with E-state index < -0.39 is 17.5 Å². The van der Waals surface area contributed by atoms with Gasteiger partial charge in [-0.2, -0.15) is 5.26 Å². The van der Waals surface area contributed by atoms with E-state index in [9.17, 15) is 14.4 Å². The highest BCUT2D eigenvalue weighted by Crippen LogP contribution is 2.26. The van der Waals surface area contributed by atoms with Gasteiger partial charge in [-0.3, -0.25) is 14.9 Å². The highest BCUT2D eigenvalue weighted by molar-refractivity contribution is 6.07. The molecule has 1 unspecified atom stereocenters. The topological polar surface area (TPSA) is 111 Å². The molecule has 1 saturated heterocycles. The normalized spacial score (nSPS) is 18.7. The SMILES string of the molecule is CC1(c2cccc(NC(=O)/C=C/c3ccccc3C#N)c2)NC(=O)NC1=O. The monoisotopic (exact) mass is 360 g/mol. The molecule has 2 aromatic rings.